The van der Waals surface area contributed by atoms with Gasteiger partial charge in [0.25, 0.3) is 0 Å². The van der Waals surface area contributed by atoms with Gasteiger partial charge in [-0.2, -0.15) is 5.26 Å². The molecule has 2 aromatic carbocycles. The van der Waals surface area contributed by atoms with Crippen molar-refractivity contribution in [1.82, 2.24) is 0 Å². The van der Waals surface area contributed by atoms with E-state index in [1.165, 1.54) is 12.1 Å². The molecule has 124 valence electrons. The monoisotopic (exact) mass is 343 g/mol. The fourth-order valence-electron chi connectivity index (χ4n) is 2.12. The summed E-state index contributed by atoms with van der Waals surface area (Å²) in [7, 11) is -3.70. The number of carbonyl (C=O) groups excluding carboxylic acids is 1. The second kappa shape index (κ2) is 7.73. The van der Waals surface area contributed by atoms with Crippen LogP contribution in [0.3, 0.4) is 0 Å². The molecule has 0 aliphatic carbocycles. The molecule has 2 rings (SSSR count). The smallest absolute Gasteiger partial charge is 0.238 e. The quantitative estimate of drug-likeness (QED) is 0.834. The lowest BCUT2D eigenvalue weighted by Gasteiger charge is -2.06. The van der Waals surface area contributed by atoms with E-state index in [0.717, 1.165) is 11.1 Å². The van der Waals surface area contributed by atoms with Crippen LogP contribution < -0.4 is 10.5 Å². The molecule has 0 bridgehead atoms. The van der Waals surface area contributed by atoms with Gasteiger partial charge in [0, 0.05) is 12.1 Å². The molecule has 0 atom stereocenters. The maximum Gasteiger partial charge on any atom is 0.238 e. The highest BCUT2D eigenvalue weighted by Gasteiger charge is 2.08. The Labute approximate surface area is 141 Å². The van der Waals surface area contributed by atoms with E-state index in [4.69, 9.17) is 10.4 Å². The Morgan fingerprint density at radius 1 is 1.04 bits per heavy atom. The van der Waals surface area contributed by atoms with Crippen LogP contribution in [-0.2, 0) is 27.7 Å². The highest BCUT2D eigenvalue weighted by atomic mass is 32.2. The van der Waals surface area contributed by atoms with Crippen molar-refractivity contribution in [2.45, 2.75) is 24.2 Å². The van der Waals surface area contributed by atoms with Crippen LogP contribution >= 0.6 is 0 Å². The lowest BCUT2D eigenvalue weighted by Crippen LogP contribution is -2.13. The number of hydrogen-bond acceptors (Lipinski definition) is 4. The number of aryl methyl sites for hydroxylation is 1. The van der Waals surface area contributed by atoms with Crippen molar-refractivity contribution >= 4 is 21.6 Å². The van der Waals surface area contributed by atoms with Gasteiger partial charge in [-0.3, -0.25) is 4.79 Å². The Hall–Kier alpha value is -2.69. The molecule has 0 radical (unpaired) electrons. The van der Waals surface area contributed by atoms with E-state index in [1.807, 2.05) is 0 Å². The third-order valence-corrected chi connectivity index (χ3v) is 4.34. The standard InChI is InChI=1S/C17H17N3O3S/c18-12-11-14-1-6-15(7-2-14)20-17(21)10-5-13-3-8-16(9-4-13)24(19,22)23/h1-4,6-9H,5,10-11H2,(H,20,21)(H2,19,22,23). The summed E-state index contributed by atoms with van der Waals surface area (Å²) < 4.78 is 22.3. The molecule has 1 amide bonds. The van der Waals surface area contributed by atoms with E-state index in [9.17, 15) is 13.2 Å². The van der Waals surface area contributed by atoms with E-state index in [-0.39, 0.29) is 17.2 Å². The first-order valence-corrected chi connectivity index (χ1v) is 8.80. The summed E-state index contributed by atoms with van der Waals surface area (Å²) in [5.74, 6) is -0.140. The number of nitrogens with zero attached hydrogens (tertiary/aromatic N) is 1. The lowest BCUT2D eigenvalue weighted by molar-refractivity contribution is -0.116. The van der Waals surface area contributed by atoms with Gasteiger partial charge < -0.3 is 5.32 Å². The number of anilines is 1. The molecule has 3 N–H and O–H groups in total. The molecule has 24 heavy (non-hydrogen) atoms. The minimum atomic E-state index is -3.70. The fraction of sp³-hybridized carbons (Fsp3) is 0.176. The van der Waals surface area contributed by atoms with Gasteiger partial charge in [-0.05, 0) is 41.8 Å². The number of hydrogen-bond donors (Lipinski definition) is 2. The van der Waals surface area contributed by atoms with Crippen LogP contribution in [0, 0.1) is 11.3 Å². The maximum absolute atomic E-state index is 11.9. The van der Waals surface area contributed by atoms with Gasteiger partial charge in [0.1, 0.15) is 0 Å². The van der Waals surface area contributed by atoms with E-state index >= 15 is 0 Å². The van der Waals surface area contributed by atoms with Crippen LogP contribution in [0.5, 0.6) is 0 Å². The van der Waals surface area contributed by atoms with Crippen LogP contribution in [0.1, 0.15) is 17.5 Å². The Morgan fingerprint density at radius 3 is 2.17 bits per heavy atom. The number of benzene rings is 2. The van der Waals surface area contributed by atoms with Crippen LogP contribution in [0.2, 0.25) is 0 Å². The third-order valence-electron chi connectivity index (χ3n) is 3.41. The summed E-state index contributed by atoms with van der Waals surface area (Å²) in [5.41, 5.74) is 2.42. The number of rotatable bonds is 6. The molecule has 2 aromatic rings. The largest absolute Gasteiger partial charge is 0.326 e. The molecule has 0 fully saturated rings. The van der Waals surface area contributed by atoms with Crippen molar-refractivity contribution < 1.29 is 13.2 Å². The number of nitrogens with two attached hydrogens (primary N) is 1. The normalized spacial score (nSPS) is 10.8. The fourth-order valence-corrected chi connectivity index (χ4v) is 2.64. The van der Waals surface area contributed by atoms with Gasteiger partial charge in [-0.1, -0.05) is 24.3 Å². The van der Waals surface area contributed by atoms with Crippen LogP contribution in [0.25, 0.3) is 0 Å². The van der Waals surface area contributed by atoms with E-state index < -0.39 is 10.0 Å². The van der Waals surface area contributed by atoms with Crippen molar-refractivity contribution in [2.75, 3.05) is 5.32 Å². The number of sulfonamides is 1. The predicted octanol–water partition coefficient (Wildman–Crippen LogP) is 1.97. The summed E-state index contributed by atoms with van der Waals surface area (Å²) in [6.07, 6.45) is 1.10. The third kappa shape index (κ3) is 5.19. The number of primary sulfonamides is 1. The first-order chi connectivity index (χ1) is 11.4. The van der Waals surface area contributed by atoms with Crippen molar-refractivity contribution in [1.29, 1.82) is 5.26 Å². The topological polar surface area (TPSA) is 113 Å². The number of nitriles is 1. The first kappa shape index (κ1) is 17.7. The Balaban J connectivity index is 1.88. The zero-order valence-corrected chi connectivity index (χ0v) is 13.7. The minimum absolute atomic E-state index is 0.0492. The number of nitrogens with one attached hydrogen (secondary N) is 1. The van der Waals surface area contributed by atoms with Gasteiger partial charge in [-0.15, -0.1) is 0 Å². The Kier molecular flexibility index (Phi) is 5.68. The molecule has 0 heterocycles. The van der Waals surface area contributed by atoms with E-state index in [1.54, 1.807) is 36.4 Å². The van der Waals surface area contributed by atoms with Crippen molar-refractivity contribution in [2.24, 2.45) is 5.14 Å². The molecule has 0 aliphatic rings. The van der Waals surface area contributed by atoms with E-state index in [2.05, 4.69) is 11.4 Å². The van der Waals surface area contributed by atoms with Crippen LogP contribution in [0.4, 0.5) is 5.69 Å². The van der Waals surface area contributed by atoms with Gasteiger partial charge in [0.2, 0.25) is 15.9 Å². The predicted molar refractivity (Wildman–Crippen MR) is 90.5 cm³/mol. The van der Waals surface area contributed by atoms with Crippen LogP contribution in [-0.4, -0.2) is 14.3 Å². The second-order valence-corrected chi connectivity index (χ2v) is 6.83. The number of carbonyl (C=O) groups is 1. The maximum atomic E-state index is 11.9. The van der Waals surface area contributed by atoms with Crippen molar-refractivity contribution in [3.8, 4) is 6.07 Å². The molecule has 0 saturated carbocycles. The summed E-state index contributed by atoms with van der Waals surface area (Å²) >= 11 is 0. The molecule has 0 aliphatic heterocycles. The molecule has 6 nitrogen and oxygen atoms in total. The molecule has 0 spiro atoms. The van der Waals surface area contributed by atoms with Gasteiger partial charge in [-0.25, -0.2) is 13.6 Å². The first-order valence-electron chi connectivity index (χ1n) is 7.26. The highest BCUT2D eigenvalue weighted by molar-refractivity contribution is 7.89. The van der Waals surface area contributed by atoms with Crippen molar-refractivity contribution in [3.63, 3.8) is 0 Å². The molecular formula is C17H17N3O3S. The SMILES string of the molecule is N#CCc1ccc(NC(=O)CCc2ccc(S(N)(=O)=O)cc2)cc1. The van der Waals surface area contributed by atoms with Crippen molar-refractivity contribution in [3.05, 3.63) is 59.7 Å². The average molecular weight is 343 g/mol. The summed E-state index contributed by atoms with van der Waals surface area (Å²) in [5, 5.41) is 16.4. The average Bonchev–Trinajstić information content (AvgIpc) is 2.55. The number of amides is 1. The lowest BCUT2D eigenvalue weighted by atomic mass is 10.1. The zero-order valence-electron chi connectivity index (χ0n) is 12.9. The zero-order chi connectivity index (χ0) is 17.6. The van der Waals surface area contributed by atoms with Gasteiger partial charge >= 0.3 is 0 Å². The second-order valence-electron chi connectivity index (χ2n) is 5.27. The minimum Gasteiger partial charge on any atom is -0.326 e. The summed E-state index contributed by atoms with van der Waals surface area (Å²) in [6, 6.07) is 15.3. The Bertz CT molecular complexity index is 851. The van der Waals surface area contributed by atoms with Gasteiger partial charge in [0.15, 0.2) is 0 Å². The molecular weight excluding hydrogens is 326 g/mol. The molecule has 0 unspecified atom stereocenters. The molecule has 7 heteroatoms. The Morgan fingerprint density at radius 2 is 1.62 bits per heavy atom. The summed E-state index contributed by atoms with van der Waals surface area (Å²) in [4.78, 5) is 12.0. The molecule has 0 saturated heterocycles. The summed E-state index contributed by atoms with van der Waals surface area (Å²) in [6.45, 7) is 0. The van der Waals surface area contributed by atoms with Gasteiger partial charge in [0.05, 0.1) is 17.4 Å². The molecule has 0 aromatic heterocycles. The van der Waals surface area contributed by atoms with Crippen LogP contribution in [0.15, 0.2) is 53.4 Å². The van der Waals surface area contributed by atoms with E-state index in [0.29, 0.717) is 18.5 Å². The highest BCUT2D eigenvalue weighted by Crippen LogP contribution is 2.13.